The van der Waals surface area contributed by atoms with E-state index in [1.165, 1.54) is 18.2 Å². The second-order valence-electron chi connectivity index (χ2n) is 3.61. The standard InChI is InChI=1S/C12H8F2N2O3/c13-11-5-4-9(6-15-11)19-7-8-2-1-3-10(12(8)14)16(17)18/h1-6H,7H2. The smallest absolute Gasteiger partial charge is 0.305 e. The third-order valence-electron chi connectivity index (χ3n) is 2.35. The number of nitro benzene ring substituents is 1. The molecule has 0 fully saturated rings. The Morgan fingerprint density at radius 2 is 2.05 bits per heavy atom. The lowest BCUT2D eigenvalue weighted by atomic mass is 10.2. The summed E-state index contributed by atoms with van der Waals surface area (Å²) in [5, 5.41) is 10.6. The van der Waals surface area contributed by atoms with E-state index in [0.29, 0.717) is 0 Å². The molecule has 1 heterocycles. The quantitative estimate of drug-likeness (QED) is 0.485. The van der Waals surface area contributed by atoms with Crippen molar-refractivity contribution in [1.82, 2.24) is 4.98 Å². The first-order valence-corrected chi connectivity index (χ1v) is 5.24. The van der Waals surface area contributed by atoms with Crippen LogP contribution in [-0.4, -0.2) is 9.91 Å². The molecular weight excluding hydrogens is 258 g/mol. The van der Waals surface area contributed by atoms with E-state index in [1.54, 1.807) is 0 Å². The molecule has 0 amide bonds. The molecule has 1 aromatic heterocycles. The molecule has 0 saturated heterocycles. The Morgan fingerprint density at radius 3 is 2.68 bits per heavy atom. The largest absolute Gasteiger partial charge is 0.487 e. The van der Waals surface area contributed by atoms with Gasteiger partial charge < -0.3 is 4.74 Å². The Morgan fingerprint density at radius 1 is 1.26 bits per heavy atom. The lowest BCUT2D eigenvalue weighted by Gasteiger charge is -2.06. The highest BCUT2D eigenvalue weighted by Crippen LogP contribution is 2.21. The number of rotatable bonds is 4. The number of pyridine rings is 1. The second kappa shape index (κ2) is 5.38. The van der Waals surface area contributed by atoms with Crippen LogP contribution in [0.4, 0.5) is 14.5 Å². The van der Waals surface area contributed by atoms with Gasteiger partial charge in [0.1, 0.15) is 12.4 Å². The van der Waals surface area contributed by atoms with Crippen molar-refractivity contribution >= 4 is 5.69 Å². The summed E-state index contributed by atoms with van der Waals surface area (Å²) in [6.45, 7) is -0.208. The monoisotopic (exact) mass is 266 g/mol. The van der Waals surface area contributed by atoms with Gasteiger partial charge in [0.15, 0.2) is 0 Å². The summed E-state index contributed by atoms with van der Waals surface area (Å²) in [7, 11) is 0. The summed E-state index contributed by atoms with van der Waals surface area (Å²) >= 11 is 0. The fourth-order valence-electron chi connectivity index (χ4n) is 1.43. The molecule has 19 heavy (non-hydrogen) atoms. The van der Waals surface area contributed by atoms with Crippen LogP contribution in [0, 0.1) is 21.9 Å². The van der Waals surface area contributed by atoms with Gasteiger partial charge in [0, 0.05) is 11.6 Å². The first kappa shape index (κ1) is 12.9. The normalized spacial score (nSPS) is 10.2. The van der Waals surface area contributed by atoms with Crippen molar-refractivity contribution < 1.29 is 18.4 Å². The molecule has 1 aromatic carbocycles. The van der Waals surface area contributed by atoms with Crippen LogP contribution in [0.2, 0.25) is 0 Å². The molecular formula is C12H8F2N2O3. The summed E-state index contributed by atoms with van der Waals surface area (Å²) < 4.78 is 31.4. The van der Waals surface area contributed by atoms with Crippen molar-refractivity contribution in [3.05, 3.63) is 64.0 Å². The summed E-state index contributed by atoms with van der Waals surface area (Å²) in [6.07, 6.45) is 1.14. The summed E-state index contributed by atoms with van der Waals surface area (Å²) in [5.41, 5.74) is -0.572. The zero-order chi connectivity index (χ0) is 13.8. The highest BCUT2D eigenvalue weighted by atomic mass is 19.1. The zero-order valence-electron chi connectivity index (χ0n) is 9.55. The maximum atomic E-state index is 13.7. The number of ether oxygens (including phenoxy) is 1. The minimum absolute atomic E-state index is 0.0403. The van der Waals surface area contributed by atoms with Crippen molar-refractivity contribution in [2.75, 3.05) is 0 Å². The Kier molecular flexibility index (Phi) is 3.65. The van der Waals surface area contributed by atoms with Gasteiger partial charge in [-0.05, 0) is 12.1 Å². The van der Waals surface area contributed by atoms with Gasteiger partial charge in [-0.25, -0.2) is 4.98 Å². The van der Waals surface area contributed by atoms with E-state index >= 15 is 0 Å². The fraction of sp³-hybridized carbons (Fsp3) is 0.0833. The molecule has 7 heteroatoms. The molecule has 98 valence electrons. The van der Waals surface area contributed by atoms with E-state index in [-0.39, 0.29) is 17.9 Å². The number of nitrogens with zero attached hydrogens (tertiary/aromatic N) is 2. The number of halogens is 2. The SMILES string of the molecule is O=[N+]([O-])c1cccc(COc2ccc(F)nc2)c1F. The molecule has 0 aliphatic rings. The minimum Gasteiger partial charge on any atom is -0.487 e. The molecule has 0 spiro atoms. The van der Waals surface area contributed by atoms with Crippen molar-refractivity contribution in [3.63, 3.8) is 0 Å². The number of hydrogen-bond donors (Lipinski definition) is 0. The van der Waals surface area contributed by atoms with Crippen LogP contribution in [0.25, 0.3) is 0 Å². The van der Waals surface area contributed by atoms with Gasteiger partial charge in [0.2, 0.25) is 11.8 Å². The van der Waals surface area contributed by atoms with E-state index in [2.05, 4.69) is 4.98 Å². The van der Waals surface area contributed by atoms with E-state index in [0.717, 1.165) is 18.3 Å². The molecule has 0 atom stereocenters. The van der Waals surface area contributed by atoms with Gasteiger partial charge in [-0.3, -0.25) is 10.1 Å². The van der Waals surface area contributed by atoms with Gasteiger partial charge >= 0.3 is 5.69 Å². The van der Waals surface area contributed by atoms with Gasteiger partial charge in [-0.2, -0.15) is 8.78 Å². The third-order valence-corrected chi connectivity index (χ3v) is 2.35. The summed E-state index contributed by atoms with van der Waals surface area (Å²) in [5.74, 6) is -1.36. The highest BCUT2D eigenvalue weighted by Gasteiger charge is 2.17. The number of aromatic nitrogens is 1. The predicted molar refractivity (Wildman–Crippen MR) is 61.6 cm³/mol. The number of nitro groups is 1. The Balaban J connectivity index is 2.13. The Bertz CT molecular complexity index is 602. The first-order valence-electron chi connectivity index (χ1n) is 5.24. The van der Waals surface area contributed by atoms with Crippen LogP contribution in [0.15, 0.2) is 36.5 Å². The van der Waals surface area contributed by atoms with Crippen LogP contribution in [0.3, 0.4) is 0 Å². The van der Waals surface area contributed by atoms with Gasteiger partial charge in [-0.15, -0.1) is 0 Å². The molecule has 2 rings (SSSR count). The van der Waals surface area contributed by atoms with E-state index in [9.17, 15) is 18.9 Å². The topological polar surface area (TPSA) is 65.3 Å². The summed E-state index contributed by atoms with van der Waals surface area (Å²) in [6, 6.07) is 6.23. The Labute approximate surface area is 106 Å². The predicted octanol–water partition coefficient (Wildman–Crippen LogP) is 2.85. The van der Waals surface area contributed by atoms with E-state index in [1.807, 2.05) is 0 Å². The maximum Gasteiger partial charge on any atom is 0.305 e. The molecule has 0 saturated carbocycles. The molecule has 0 aliphatic carbocycles. The molecule has 0 bridgehead atoms. The van der Waals surface area contributed by atoms with Crippen LogP contribution in [-0.2, 0) is 6.61 Å². The van der Waals surface area contributed by atoms with Crippen LogP contribution in [0.5, 0.6) is 5.75 Å². The average Bonchev–Trinajstić information content (AvgIpc) is 2.39. The second-order valence-corrected chi connectivity index (χ2v) is 3.61. The fourth-order valence-corrected chi connectivity index (χ4v) is 1.43. The molecule has 0 N–H and O–H groups in total. The molecule has 0 aliphatic heterocycles. The van der Waals surface area contributed by atoms with Gasteiger partial charge in [0.05, 0.1) is 11.1 Å². The number of hydrogen-bond acceptors (Lipinski definition) is 4. The number of benzene rings is 1. The van der Waals surface area contributed by atoms with E-state index < -0.39 is 22.4 Å². The van der Waals surface area contributed by atoms with Gasteiger partial charge in [-0.1, -0.05) is 12.1 Å². The highest BCUT2D eigenvalue weighted by molar-refractivity contribution is 5.36. The molecule has 2 aromatic rings. The molecule has 5 nitrogen and oxygen atoms in total. The molecule has 0 unspecified atom stereocenters. The van der Waals surface area contributed by atoms with Crippen molar-refractivity contribution in [1.29, 1.82) is 0 Å². The van der Waals surface area contributed by atoms with E-state index in [4.69, 9.17) is 4.74 Å². The molecule has 0 radical (unpaired) electrons. The first-order chi connectivity index (χ1) is 9.08. The minimum atomic E-state index is -0.942. The van der Waals surface area contributed by atoms with Crippen molar-refractivity contribution in [3.8, 4) is 5.75 Å². The third kappa shape index (κ3) is 3.01. The maximum absolute atomic E-state index is 13.7. The lowest BCUT2D eigenvalue weighted by Crippen LogP contribution is -2.02. The van der Waals surface area contributed by atoms with Crippen molar-refractivity contribution in [2.24, 2.45) is 0 Å². The van der Waals surface area contributed by atoms with Crippen LogP contribution < -0.4 is 4.74 Å². The van der Waals surface area contributed by atoms with Crippen LogP contribution in [0.1, 0.15) is 5.56 Å². The zero-order valence-corrected chi connectivity index (χ0v) is 9.55. The lowest BCUT2D eigenvalue weighted by molar-refractivity contribution is -0.387. The van der Waals surface area contributed by atoms with Gasteiger partial charge in [0.25, 0.3) is 0 Å². The van der Waals surface area contributed by atoms with Crippen LogP contribution >= 0.6 is 0 Å². The van der Waals surface area contributed by atoms with Crippen molar-refractivity contribution in [2.45, 2.75) is 6.61 Å². The average molecular weight is 266 g/mol. The Hall–Kier alpha value is -2.57. The summed E-state index contributed by atoms with van der Waals surface area (Å²) in [4.78, 5) is 13.1.